The lowest BCUT2D eigenvalue weighted by molar-refractivity contribution is -0.141. The van der Waals surface area contributed by atoms with E-state index in [0.717, 1.165) is 28.9 Å². The summed E-state index contributed by atoms with van der Waals surface area (Å²) >= 11 is 0. The van der Waals surface area contributed by atoms with Crippen LogP contribution in [-0.4, -0.2) is 35.1 Å². The third-order valence-corrected chi connectivity index (χ3v) is 5.28. The number of alkyl halides is 3. The van der Waals surface area contributed by atoms with Gasteiger partial charge in [-0.05, 0) is 48.5 Å². The maximum absolute atomic E-state index is 12.7. The van der Waals surface area contributed by atoms with Gasteiger partial charge >= 0.3 is 12.2 Å². The molecule has 1 unspecified atom stereocenters. The Labute approximate surface area is 210 Å². The smallest absolute Gasteiger partial charge is 0.433 e. The quantitative estimate of drug-likeness (QED) is 0.341. The minimum Gasteiger partial charge on any atom is -0.438 e. The molecule has 188 valence electrons. The second kappa shape index (κ2) is 10.4. The van der Waals surface area contributed by atoms with E-state index in [1.807, 2.05) is 37.2 Å². The molecule has 0 fully saturated rings. The molecule has 0 spiro atoms. The van der Waals surface area contributed by atoms with Crippen LogP contribution < -0.4 is 20.3 Å². The molecule has 2 aromatic heterocycles. The van der Waals surface area contributed by atoms with E-state index >= 15 is 0 Å². The number of amides is 2. The summed E-state index contributed by atoms with van der Waals surface area (Å²) in [6.07, 6.45) is 3.29. The van der Waals surface area contributed by atoms with Crippen LogP contribution in [0.25, 0.3) is 10.9 Å². The molecule has 2 heterocycles. The summed E-state index contributed by atoms with van der Waals surface area (Å²) in [4.78, 5) is 26.3. The Morgan fingerprint density at radius 1 is 1.05 bits per heavy atom. The van der Waals surface area contributed by atoms with Crippen molar-refractivity contribution in [1.29, 1.82) is 0 Å². The third kappa shape index (κ3) is 6.05. The molecular formula is C26H21F3N6O2. The average molecular weight is 506 g/mol. The summed E-state index contributed by atoms with van der Waals surface area (Å²) in [6, 6.07) is 12.6. The van der Waals surface area contributed by atoms with Crippen molar-refractivity contribution >= 4 is 28.3 Å². The number of carbonyl (C=O) groups is 1. The van der Waals surface area contributed by atoms with Gasteiger partial charge in [0.2, 0.25) is 5.88 Å². The van der Waals surface area contributed by atoms with Crippen molar-refractivity contribution < 1.29 is 22.7 Å². The molecule has 1 atom stereocenters. The van der Waals surface area contributed by atoms with Crippen molar-refractivity contribution in [3.8, 4) is 24.0 Å². The second-order valence-corrected chi connectivity index (χ2v) is 8.07. The number of nitrogens with one attached hydrogen (secondary N) is 2. The zero-order valence-corrected chi connectivity index (χ0v) is 19.7. The second-order valence-electron chi connectivity index (χ2n) is 8.07. The van der Waals surface area contributed by atoms with Crippen LogP contribution >= 0.6 is 0 Å². The number of ether oxygens (including phenoxy) is 1. The number of fused-ring (bicyclic) bond motifs is 1. The molecule has 2 amide bonds. The predicted octanol–water partition coefficient (Wildman–Crippen LogP) is 5.40. The first kappa shape index (κ1) is 25.2. The number of carbonyl (C=O) groups excluding carboxylic acids is 1. The van der Waals surface area contributed by atoms with E-state index < -0.39 is 23.9 Å². The lowest BCUT2D eigenvalue weighted by Crippen LogP contribution is -2.32. The van der Waals surface area contributed by atoms with Gasteiger partial charge in [-0.1, -0.05) is 12.0 Å². The number of benzene rings is 2. The van der Waals surface area contributed by atoms with E-state index in [0.29, 0.717) is 17.3 Å². The number of hydrogen-bond donors (Lipinski definition) is 2. The Bertz CT molecular complexity index is 1450. The number of anilines is 2. The molecule has 11 heteroatoms. The standard InChI is InChI=1S/C26H21F3N6O2/c1-4-21(16-5-12-23(30-14-16)26(27,28)29)34-25(36)33-17-6-9-19(10-7-17)37-24-20-11-8-18(35(2)3)13-22(20)31-15-32-24/h1,5-15,21H,2-3H3,(H2,33,34,36). The fourth-order valence-corrected chi connectivity index (χ4v) is 3.36. The van der Waals surface area contributed by atoms with Crippen molar-refractivity contribution in [2.24, 2.45) is 0 Å². The van der Waals surface area contributed by atoms with E-state index in [9.17, 15) is 18.0 Å². The molecule has 2 N–H and O–H groups in total. The maximum atomic E-state index is 12.7. The first-order chi connectivity index (χ1) is 17.6. The van der Waals surface area contributed by atoms with Gasteiger partial charge in [-0.2, -0.15) is 13.2 Å². The summed E-state index contributed by atoms with van der Waals surface area (Å²) in [6.45, 7) is 0. The Morgan fingerprint density at radius 2 is 1.81 bits per heavy atom. The Morgan fingerprint density at radius 3 is 2.43 bits per heavy atom. The fraction of sp³-hybridized carbons (Fsp3) is 0.154. The Balaban J connectivity index is 1.40. The minimum absolute atomic E-state index is 0.240. The monoisotopic (exact) mass is 506 g/mol. The summed E-state index contributed by atoms with van der Waals surface area (Å²) in [5, 5.41) is 5.88. The molecular weight excluding hydrogens is 485 g/mol. The highest BCUT2D eigenvalue weighted by atomic mass is 19.4. The van der Waals surface area contributed by atoms with Crippen molar-refractivity contribution in [1.82, 2.24) is 20.3 Å². The average Bonchev–Trinajstić information content (AvgIpc) is 2.88. The van der Waals surface area contributed by atoms with Gasteiger partial charge in [0.25, 0.3) is 0 Å². The number of rotatable bonds is 6. The van der Waals surface area contributed by atoms with E-state index in [1.54, 1.807) is 24.3 Å². The number of hydrogen-bond acceptors (Lipinski definition) is 6. The molecule has 0 bridgehead atoms. The van der Waals surface area contributed by atoms with Crippen LogP contribution in [0.3, 0.4) is 0 Å². The summed E-state index contributed by atoms with van der Waals surface area (Å²) < 4.78 is 44.1. The van der Waals surface area contributed by atoms with Crippen LogP contribution in [0.1, 0.15) is 17.3 Å². The molecule has 4 aromatic rings. The molecule has 0 saturated carbocycles. The lowest BCUT2D eigenvalue weighted by Gasteiger charge is -2.15. The van der Waals surface area contributed by atoms with Gasteiger partial charge in [0.05, 0.1) is 10.9 Å². The number of terminal acetylenes is 1. The van der Waals surface area contributed by atoms with Gasteiger partial charge in [-0.3, -0.25) is 4.98 Å². The molecule has 0 saturated heterocycles. The van der Waals surface area contributed by atoms with Crippen LogP contribution in [0.4, 0.5) is 29.3 Å². The third-order valence-electron chi connectivity index (χ3n) is 5.28. The molecule has 4 rings (SSSR count). The highest BCUT2D eigenvalue weighted by Gasteiger charge is 2.32. The highest BCUT2D eigenvalue weighted by Crippen LogP contribution is 2.30. The predicted molar refractivity (Wildman–Crippen MR) is 133 cm³/mol. The molecule has 0 aliphatic rings. The molecule has 0 aliphatic heterocycles. The van der Waals surface area contributed by atoms with Crippen LogP contribution in [0.2, 0.25) is 0 Å². The number of aromatic nitrogens is 3. The molecule has 37 heavy (non-hydrogen) atoms. The zero-order chi connectivity index (χ0) is 26.6. The highest BCUT2D eigenvalue weighted by molar-refractivity contribution is 5.90. The van der Waals surface area contributed by atoms with Gasteiger partial charge in [0.1, 0.15) is 23.8 Å². The number of nitrogens with zero attached hydrogens (tertiary/aromatic N) is 4. The molecule has 0 radical (unpaired) electrons. The van der Waals surface area contributed by atoms with E-state index in [-0.39, 0.29) is 5.56 Å². The fourth-order valence-electron chi connectivity index (χ4n) is 3.36. The number of halogens is 3. The molecule has 0 aliphatic carbocycles. The first-order valence-electron chi connectivity index (χ1n) is 10.9. The van der Waals surface area contributed by atoms with Crippen LogP contribution in [-0.2, 0) is 6.18 Å². The topological polar surface area (TPSA) is 92.3 Å². The van der Waals surface area contributed by atoms with Gasteiger partial charge in [0.15, 0.2) is 0 Å². The largest absolute Gasteiger partial charge is 0.438 e. The van der Waals surface area contributed by atoms with E-state index in [4.69, 9.17) is 11.2 Å². The van der Waals surface area contributed by atoms with Crippen molar-refractivity contribution in [3.05, 3.63) is 78.4 Å². The summed E-state index contributed by atoms with van der Waals surface area (Å²) in [7, 11) is 3.88. The number of pyridine rings is 1. The van der Waals surface area contributed by atoms with Crippen LogP contribution in [0, 0.1) is 12.3 Å². The van der Waals surface area contributed by atoms with Crippen molar-refractivity contribution in [2.75, 3.05) is 24.3 Å². The van der Waals surface area contributed by atoms with Crippen molar-refractivity contribution in [2.45, 2.75) is 12.2 Å². The van der Waals surface area contributed by atoms with E-state index in [2.05, 4.69) is 31.5 Å². The van der Waals surface area contributed by atoms with Gasteiger partial charge in [0, 0.05) is 37.2 Å². The van der Waals surface area contributed by atoms with Gasteiger partial charge in [-0.25, -0.2) is 14.8 Å². The van der Waals surface area contributed by atoms with Gasteiger partial charge in [-0.15, -0.1) is 6.42 Å². The summed E-state index contributed by atoms with van der Waals surface area (Å²) in [5.41, 5.74) is 1.36. The molecule has 2 aromatic carbocycles. The molecule has 8 nitrogen and oxygen atoms in total. The van der Waals surface area contributed by atoms with Crippen LogP contribution in [0.15, 0.2) is 67.1 Å². The van der Waals surface area contributed by atoms with Crippen molar-refractivity contribution in [3.63, 3.8) is 0 Å². The first-order valence-corrected chi connectivity index (χ1v) is 10.9. The Hall–Kier alpha value is -4.85. The zero-order valence-electron chi connectivity index (χ0n) is 19.7. The maximum Gasteiger partial charge on any atom is 0.433 e. The normalized spacial score (nSPS) is 11.9. The summed E-state index contributed by atoms with van der Waals surface area (Å²) in [5.74, 6) is 3.20. The SMILES string of the molecule is C#CC(NC(=O)Nc1ccc(Oc2ncnc3cc(N(C)C)ccc23)cc1)c1ccc(C(F)(F)F)nc1. The van der Waals surface area contributed by atoms with E-state index in [1.165, 1.54) is 12.4 Å². The minimum atomic E-state index is -4.57. The Kier molecular flexibility index (Phi) is 7.11. The van der Waals surface area contributed by atoms with Crippen LogP contribution in [0.5, 0.6) is 11.6 Å². The van der Waals surface area contributed by atoms with Gasteiger partial charge < -0.3 is 20.3 Å². The number of urea groups is 1. The lowest BCUT2D eigenvalue weighted by atomic mass is 10.1.